The summed E-state index contributed by atoms with van der Waals surface area (Å²) in [7, 11) is 0.971. The van der Waals surface area contributed by atoms with Gasteiger partial charge in [0.15, 0.2) is 0 Å². The Kier molecular flexibility index (Phi) is 4.92. The molecule has 1 rings (SSSR count). The molecule has 1 aromatic rings. The molecule has 0 aliphatic rings. The first-order valence-corrected chi connectivity index (χ1v) is 5.84. The fourth-order valence-corrected chi connectivity index (χ4v) is 1.84. The van der Waals surface area contributed by atoms with Gasteiger partial charge >= 0.3 is 18.0 Å². The molecule has 1 atom stereocenters. The number of hydrogen-bond acceptors (Lipinski definition) is 1. The van der Waals surface area contributed by atoms with Gasteiger partial charge in [-0.3, -0.25) is 0 Å². The van der Waals surface area contributed by atoms with E-state index in [1.165, 1.54) is 25.1 Å². The second-order valence-electron chi connectivity index (χ2n) is 4.56. The van der Waals surface area contributed by atoms with Crippen LogP contribution >= 0.6 is 0 Å². The normalized spacial score (nSPS) is 15.1. The van der Waals surface area contributed by atoms with Crippen molar-refractivity contribution in [1.29, 1.82) is 0 Å². The highest BCUT2D eigenvalue weighted by Crippen LogP contribution is 2.50. The van der Waals surface area contributed by atoms with Gasteiger partial charge < -0.3 is 4.74 Å². The van der Waals surface area contributed by atoms with Crippen molar-refractivity contribution in [3.05, 3.63) is 35.4 Å². The number of rotatable bonds is 5. The van der Waals surface area contributed by atoms with E-state index in [1.54, 1.807) is 6.07 Å². The fourth-order valence-electron chi connectivity index (χ4n) is 1.84. The number of benzene rings is 1. The maximum absolute atomic E-state index is 13.4. The van der Waals surface area contributed by atoms with E-state index in [0.29, 0.717) is 5.56 Å². The number of aryl methyl sites for hydroxylation is 1. The summed E-state index contributed by atoms with van der Waals surface area (Å²) >= 11 is 0. The maximum Gasteiger partial charge on any atom is 0.459 e. The molecular formula is C13H13F7O. The number of alkyl halides is 7. The van der Waals surface area contributed by atoms with Crippen LogP contribution in [0.15, 0.2) is 24.3 Å². The standard InChI is InChI=1S/C13H13F7O/c1-8-5-3-4-6-9(8)10(21-2)7-11(14,15)12(16,17)13(18,19)20/h3-6,10H,7H2,1-2H3. The molecule has 0 aliphatic heterocycles. The van der Waals surface area contributed by atoms with Gasteiger partial charge in [-0.2, -0.15) is 30.7 Å². The molecule has 8 heteroatoms. The third-order valence-corrected chi connectivity index (χ3v) is 3.08. The summed E-state index contributed by atoms with van der Waals surface area (Å²) in [6, 6.07) is 5.88. The second-order valence-corrected chi connectivity index (χ2v) is 4.56. The van der Waals surface area contributed by atoms with Crippen molar-refractivity contribution in [1.82, 2.24) is 0 Å². The number of methoxy groups -OCH3 is 1. The van der Waals surface area contributed by atoms with Crippen LogP contribution in [0.4, 0.5) is 30.7 Å². The summed E-state index contributed by atoms with van der Waals surface area (Å²) in [6.45, 7) is 1.52. The van der Waals surface area contributed by atoms with Crippen LogP contribution in [-0.2, 0) is 4.74 Å². The van der Waals surface area contributed by atoms with Gasteiger partial charge in [0, 0.05) is 13.5 Å². The Bertz CT molecular complexity index is 482. The van der Waals surface area contributed by atoms with E-state index in [2.05, 4.69) is 4.74 Å². The van der Waals surface area contributed by atoms with E-state index in [0.717, 1.165) is 7.11 Å². The predicted molar refractivity (Wildman–Crippen MR) is 61.5 cm³/mol. The van der Waals surface area contributed by atoms with Gasteiger partial charge in [0.25, 0.3) is 0 Å². The number of ether oxygens (including phenoxy) is 1. The predicted octanol–water partition coefficient (Wildman–Crippen LogP) is 4.91. The van der Waals surface area contributed by atoms with Gasteiger partial charge in [-0.1, -0.05) is 24.3 Å². The van der Waals surface area contributed by atoms with E-state index < -0.39 is 30.5 Å². The number of hydrogen-bond donors (Lipinski definition) is 0. The molecule has 0 amide bonds. The highest BCUT2D eigenvalue weighted by Gasteiger charge is 2.73. The van der Waals surface area contributed by atoms with Crippen molar-refractivity contribution < 1.29 is 35.5 Å². The van der Waals surface area contributed by atoms with Crippen LogP contribution in [0.5, 0.6) is 0 Å². The minimum atomic E-state index is -6.33. The molecule has 1 unspecified atom stereocenters. The van der Waals surface area contributed by atoms with Crippen molar-refractivity contribution in [3.8, 4) is 0 Å². The topological polar surface area (TPSA) is 9.23 Å². The van der Waals surface area contributed by atoms with Crippen LogP contribution in [0.3, 0.4) is 0 Å². The molecule has 0 spiro atoms. The van der Waals surface area contributed by atoms with Crippen molar-refractivity contribution in [2.45, 2.75) is 37.5 Å². The van der Waals surface area contributed by atoms with Gasteiger partial charge in [0.05, 0.1) is 6.10 Å². The molecule has 0 saturated carbocycles. The molecule has 0 aromatic heterocycles. The first-order chi connectivity index (χ1) is 9.44. The zero-order valence-corrected chi connectivity index (χ0v) is 11.1. The van der Waals surface area contributed by atoms with Gasteiger partial charge in [-0.25, -0.2) is 0 Å². The van der Waals surface area contributed by atoms with Gasteiger partial charge in [0.2, 0.25) is 0 Å². The number of halogens is 7. The Labute approximate surface area is 116 Å². The molecule has 1 aromatic carbocycles. The lowest BCUT2D eigenvalue weighted by Crippen LogP contribution is -2.52. The summed E-state index contributed by atoms with van der Waals surface area (Å²) in [5.74, 6) is -11.4. The molecule has 120 valence electrons. The Morgan fingerprint density at radius 2 is 1.52 bits per heavy atom. The van der Waals surface area contributed by atoms with E-state index in [4.69, 9.17) is 0 Å². The smallest absolute Gasteiger partial charge is 0.377 e. The summed E-state index contributed by atoms with van der Waals surface area (Å²) in [5.41, 5.74) is 0.591. The van der Waals surface area contributed by atoms with Crippen LogP contribution in [-0.4, -0.2) is 25.1 Å². The lowest BCUT2D eigenvalue weighted by molar-refractivity contribution is -0.358. The Morgan fingerprint density at radius 1 is 1.00 bits per heavy atom. The first kappa shape index (κ1) is 17.7. The van der Waals surface area contributed by atoms with Crippen LogP contribution in [0.2, 0.25) is 0 Å². The minimum Gasteiger partial charge on any atom is -0.377 e. The quantitative estimate of drug-likeness (QED) is 0.701. The zero-order chi connectivity index (χ0) is 16.5. The molecule has 1 nitrogen and oxygen atoms in total. The highest BCUT2D eigenvalue weighted by molar-refractivity contribution is 5.28. The molecular weight excluding hydrogens is 305 g/mol. The minimum absolute atomic E-state index is 0.137. The second kappa shape index (κ2) is 5.82. The lowest BCUT2D eigenvalue weighted by Gasteiger charge is -2.31. The lowest BCUT2D eigenvalue weighted by atomic mass is 9.95. The maximum atomic E-state index is 13.4. The fraction of sp³-hybridized carbons (Fsp3) is 0.538. The van der Waals surface area contributed by atoms with Crippen molar-refractivity contribution in [2.24, 2.45) is 0 Å². The van der Waals surface area contributed by atoms with E-state index >= 15 is 0 Å². The van der Waals surface area contributed by atoms with Gasteiger partial charge in [-0.15, -0.1) is 0 Å². The van der Waals surface area contributed by atoms with Crippen molar-refractivity contribution >= 4 is 0 Å². The SMILES string of the molecule is COC(CC(F)(F)C(F)(F)C(F)(F)F)c1ccccc1C. The Balaban J connectivity index is 3.09. The van der Waals surface area contributed by atoms with E-state index in [-0.39, 0.29) is 5.56 Å². The van der Waals surface area contributed by atoms with Gasteiger partial charge in [-0.05, 0) is 18.1 Å². The average molecular weight is 318 g/mol. The van der Waals surface area contributed by atoms with E-state index in [1.807, 2.05) is 0 Å². The third kappa shape index (κ3) is 3.48. The highest BCUT2D eigenvalue weighted by atomic mass is 19.4. The molecule has 0 saturated heterocycles. The zero-order valence-electron chi connectivity index (χ0n) is 11.1. The van der Waals surface area contributed by atoms with Crippen molar-refractivity contribution in [2.75, 3.05) is 7.11 Å². The molecule has 0 aliphatic carbocycles. The van der Waals surface area contributed by atoms with Crippen LogP contribution in [0.25, 0.3) is 0 Å². The Hall–Kier alpha value is -1.31. The summed E-state index contributed by atoms with van der Waals surface area (Å²) in [4.78, 5) is 0. The molecule has 21 heavy (non-hydrogen) atoms. The molecule has 0 N–H and O–H groups in total. The molecule has 0 heterocycles. The largest absolute Gasteiger partial charge is 0.459 e. The van der Waals surface area contributed by atoms with Crippen molar-refractivity contribution in [3.63, 3.8) is 0 Å². The average Bonchev–Trinajstić information content (AvgIpc) is 2.35. The van der Waals surface area contributed by atoms with Crippen LogP contribution in [0, 0.1) is 6.92 Å². The summed E-state index contributed by atoms with van der Waals surface area (Å²) in [6.07, 6.45) is -9.68. The van der Waals surface area contributed by atoms with Crippen LogP contribution in [0.1, 0.15) is 23.7 Å². The van der Waals surface area contributed by atoms with Crippen LogP contribution < -0.4 is 0 Å². The Morgan fingerprint density at radius 3 is 1.95 bits per heavy atom. The van der Waals surface area contributed by atoms with Gasteiger partial charge in [0.1, 0.15) is 0 Å². The summed E-state index contributed by atoms with van der Waals surface area (Å²) in [5, 5.41) is 0. The molecule has 0 radical (unpaired) electrons. The first-order valence-electron chi connectivity index (χ1n) is 5.84. The molecule has 0 fully saturated rings. The van der Waals surface area contributed by atoms with E-state index in [9.17, 15) is 30.7 Å². The molecule has 0 bridgehead atoms. The summed E-state index contributed by atoms with van der Waals surface area (Å²) < 4.78 is 93.5. The third-order valence-electron chi connectivity index (χ3n) is 3.08. The monoisotopic (exact) mass is 318 g/mol.